The van der Waals surface area contributed by atoms with Crippen molar-refractivity contribution in [3.05, 3.63) is 63.7 Å². The zero-order valence-electron chi connectivity index (χ0n) is 22.4. The molecule has 0 aliphatic carbocycles. The Hall–Kier alpha value is -3.66. The van der Waals surface area contributed by atoms with E-state index in [0.717, 1.165) is 37.7 Å². The lowest BCUT2D eigenvalue weighted by molar-refractivity contribution is -0.385. The second-order valence-corrected chi connectivity index (χ2v) is 8.95. The zero-order chi connectivity index (χ0) is 27.9. The topological polar surface area (TPSA) is 128 Å². The molecule has 0 saturated heterocycles. The van der Waals surface area contributed by atoms with Gasteiger partial charge < -0.3 is 24.2 Å². The van der Waals surface area contributed by atoms with Crippen molar-refractivity contribution in [1.82, 2.24) is 4.90 Å². The fourth-order valence-corrected chi connectivity index (χ4v) is 3.84. The average molecular weight is 531 g/mol. The number of aliphatic carboxylic acids is 1. The van der Waals surface area contributed by atoms with Gasteiger partial charge in [0, 0.05) is 25.1 Å². The highest BCUT2D eigenvalue weighted by molar-refractivity contribution is 5.72. The molecule has 0 aliphatic heterocycles. The second-order valence-electron chi connectivity index (χ2n) is 8.95. The first-order chi connectivity index (χ1) is 18.2. The van der Waals surface area contributed by atoms with Crippen molar-refractivity contribution in [3.8, 4) is 11.5 Å². The Morgan fingerprint density at radius 1 is 1.00 bits per heavy atom. The van der Waals surface area contributed by atoms with Gasteiger partial charge in [0.15, 0.2) is 6.10 Å². The largest absolute Gasteiger partial charge is 0.492 e. The van der Waals surface area contributed by atoms with Crippen LogP contribution in [-0.4, -0.2) is 59.4 Å². The summed E-state index contributed by atoms with van der Waals surface area (Å²) in [6.07, 6.45) is 3.88. The molecule has 1 N–H and O–H groups in total. The van der Waals surface area contributed by atoms with Gasteiger partial charge in [-0.25, -0.2) is 9.59 Å². The number of nitro benzene ring substituents is 1. The number of aryl methyl sites for hydroxylation is 1. The van der Waals surface area contributed by atoms with E-state index in [-0.39, 0.29) is 31.0 Å². The summed E-state index contributed by atoms with van der Waals surface area (Å²) in [5.74, 6) is -0.303. The molecule has 1 amide bonds. The molecule has 0 radical (unpaired) electrons. The Kier molecular flexibility index (Phi) is 13.1. The van der Waals surface area contributed by atoms with Crippen LogP contribution in [0.2, 0.25) is 0 Å². The van der Waals surface area contributed by atoms with Gasteiger partial charge in [0.25, 0.3) is 5.69 Å². The van der Waals surface area contributed by atoms with Gasteiger partial charge in [0.1, 0.15) is 18.1 Å². The summed E-state index contributed by atoms with van der Waals surface area (Å²) >= 11 is 0. The lowest BCUT2D eigenvalue weighted by atomic mass is 10.1. The highest BCUT2D eigenvalue weighted by atomic mass is 16.6. The van der Waals surface area contributed by atoms with E-state index in [2.05, 4.69) is 6.92 Å². The number of hydrogen-bond donors (Lipinski definition) is 1. The fraction of sp³-hybridized carbons (Fsp3) is 0.500. The summed E-state index contributed by atoms with van der Waals surface area (Å²) in [5, 5.41) is 20.5. The van der Waals surface area contributed by atoms with Crippen LogP contribution in [0.25, 0.3) is 0 Å². The first-order valence-corrected chi connectivity index (χ1v) is 13.0. The molecule has 208 valence electrons. The molecular weight excluding hydrogens is 492 g/mol. The summed E-state index contributed by atoms with van der Waals surface area (Å²) in [6, 6.07) is 11.4. The van der Waals surface area contributed by atoms with Crippen LogP contribution in [0.5, 0.6) is 11.5 Å². The quantitative estimate of drug-likeness (QED) is 0.155. The molecule has 0 aliphatic rings. The van der Waals surface area contributed by atoms with Gasteiger partial charge >= 0.3 is 12.1 Å². The number of carboxylic acid groups (broad SMARTS) is 1. The molecule has 2 aromatic rings. The van der Waals surface area contributed by atoms with Crippen LogP contribution in [0.15, 0.2) is 42.5 Å². The smallest absolute Gasteiger partial charge is 0.415 e. The second kappa shape index (κ2) is 16.2. The van der Waals surface area contributed by atoms with Gasteiger partial charge in [-0.3, -0.25) is 10.1 Å². The van der Waals surface area contributed by atoms with E-state index in [1.54, 1.807) is 49.1 Å². The van der Waals surface area contributed by atoms with Crippen molar-refractivity contribution in [2.24, 2.45) is 0 Å². The van der Waals surface area contributed by atoms with Gasteiger partial charge in [-0.2, -0.15) is 0 Å². The van der Waals surface area contributed by atoms with Gasteiger partial charge in [0.05, 0.1) is 17.5 Å². The number of carbonyl (C=O) groups is 2. The minimum absolute atomic E-state index is 0.107. The minimum atomic E-state index is -1.01. The maximum atomic E-state index is 12.9. The number of nitrogens with zero attached hydrogens (tertiary/aromatic N) is 2. The molecule has 1 atom stereocenters. The predicted molar refractivity (Wildman–Crippen MR) is 143 cm³/mol. The van der Waals surface area contributed by atoms with Gasteiger partial charge in [-0.15, -0.1) is 0 Å². The highest BCUT2D eigenvalue weighted by Crippen LogP contribution is 2.24. The van der Waals surface area contributed by atoms with E-state index in [1.165, 1.54) is 12.1 Å². The molecule has 10 heteroatoms. The molecule has 0 fully saturated rings. The first kappa shape index (κ1) is 30.6. The van der Waals surface area contributed by atoms with Crippen LogP contribution < -0.4 is 9.47 Å². The number of amides is 1. The van der Waals surface area contributed by atoms with Crippen molar-refractivity contribution in [3.63, 3.8) is 0 Å². The third-order valence-electron chi connectivity index (χ3n) is 5.99. The van der Waals surface area contributed by atoms with Crippen LogP contribution in [0.4, 0.5) is 10.5 Å². The molecule has 0 bridgehead atoms. The molecular formula is C28H38N2O8. The first-order valence-electron chi connectivity index (χ1n) is 13.0. The van der Waals surface area contributed by atoms with E-state index in [0.29, 0.717) is 24.5 Å². The number of nitro groups is 1. The van der Waals surface area contributed by atoms with Gasteiger partial charge in [0.2, 0.25) is 0 Å². The maximum Gasteiger partial charge on any atom is 0.415 e. The molecule has 10 nitrogen and oxygen atoms in total. The van der Waals surface area contributed by atoms with Crippen LogP contribution in [0, 0.1) is 17.0 Å². The minimum Gasteiger partial charge on any atom is -0.492 e. The molecule has 0 heterocycles. The molecule has 0 spiro atoms. The number of carbonyl (C=O) groups excluding carboxylic acids is 1. The Morgan fingerprint density at radius 2 is 1.68 bits per heavy atom. The predicted octanol–water partition coefficient (Wildman–Crippen LogP) is 5.79. The monoisotopic (exact) mass is 530 g/mol. The van der Waals surface area contributed by atoms with Crippen molar-refractivity contribution < 1.29 is 33.8 Å². The number of unbranched alkanes of at least 4 members (excludes halogenated alkanes) is 4. The summed E-state index contributed by atoms with van der Waals surface area (Å²) in [6.45, 7) is 6.80. The Morgan fingerprint density at radius 3 is 2.32 bits per heavy atom. The number of rotatable bonds is 17. The maximum absolute atomic E-state index is 12.9. The molecule has 38 heavy (non-hydrogen) atoms. The zero-order valence-corrected chi connectivity index (χ0v) is 22.4. The Bertz CT molecular complexity index is 1040. The van der Waals surface area contributed by atoms with Gasteiger partial charge in [-0.05, 0) is 50.1 Å². The van der Waals surface area contributed by atoms with E-state index >= 15 is 0 Å². The standard InChI is InChI=1S/C28H38N2O8/c1-4-6-7-8-9-16-29(28(33)38-24-13-10-21(3)25(20-24)30(34)35)17-18-37-23-14-11-22(12-15-23)19-26(27(31)32)36-5-2/h10-15,20,26H,4-9,16-19H2,1-3H3,(H,31,32). The molecule has 2 rings (SSSR count). The van der Waals surface area contributed by atoms with Crippen LogP contribution in [0.1, 0.15) is 57.1 Å². The molecule has 0 saturated carbocycles. The highest BCUT2D eigenvalue weighted by Gasteiger charge is 2.20. The number of ether oxygens (including phenoxy) is 3. The summed E-state index contributed by atoms with van der Waals surface area (Å²) < 4.78 is 16.5. The lowest BCUT2D eigenvalue weighted by Crippen LogP contribution is -2.37. The third kappa shape index (κ3) is 10.4. The number of carboxylic acids is 1. The van der Waals surface area contributed by atoms with Crippen molar-refractivity contribution >= 4 is 17.7 Å². The van der Waals surface area contributed by atoms with Crippen LogP contribution in [0.3, 0.4) is 0 Å². The summed E-state index contributed by atoms with van der Waals surface area (Å²) in [4.78, 5) is 36.5. The Labute approximate surface area is 223 Å². The van der Waals surface area contributed by atoms with Crippen molar-refractivity contribution in [2.45, 2.75) is 65.4 Å². The third-order valence-corrected chi connectivity index (χ3v) is 5.99. The van der Waals surface area contributed by atoms with Crippen molar-refractivity contribution in [2.75, 3.05) is 26.3 Å². The van der Waals surface area contributed by atoms with E-state index < -0.39 is 23.1 Å². The van der Waals surface area contributed by atoms with Crippen molar-refractivity contribution in [1.29, 1.82) is 0 Å². The molecule has 0 aromatic heterocycles. The fourth-order valence-electron chi connectivity index (χ4n) is 3.84. The normalized spacial score (nSPS) is 11.6. The van der Waals surface area contributed by atoms with E-state index in [1.807, 2.05) is 0 Å². The SMILES string of the molecule is CCCCCCCN(CCOc1ccc(CC(OCC)C(=O)O)cc1)C(=O)Oc1ccc(C)c([N+](=O)[O-])c1. The van der Waals surface area contributed by atoms with E-state index in [9.17, 15) is 24.8 Å². The molecule has 2 aromatic carbocycles. The summed E-state index contributed by atoms with van der Waals surface area (Å²) in [7, 11) is 0. The molecule has 1 unspecified atom stereocenters. The Balaban J connectivity index is 1.97. The van der Waals surface area contributed by atoms with Gasteiger partial charge in [-0.1, -0.05) is 44.7 Å². The summed E-state index contributed by atoms with van der Waals surface area (Å²) in [5.41, 5.74) is 1.19. The van der Waals surface area contributed by atoms with Crippen LogP contribution >= 0.6 is 0 Å². The lowest BCUT2D eigenvalue weighted by Gasteiger charge is -2.22. The van der Waals surface area contributed by atoms with Crippen LogP contribution in [-0.2, 0) is 16.0 Å². The van der Waals surface area contributed by atoms with E-state index in [4.69, 9.17) is 14.2 Å². The number of hydrogen-bond acceptors (Lipinski definition) is 7. The number of benzene rings is 2. The average Bonchev–Trinajstić information content (AvgIpc) is 2.89.